The number of rotatable bonds is 7. The molecule has 0 saturated carbocycles. The van der Waals surface area contributed by atoms with Crippen LogP contribution in [-0.4, -0.2) is 36.8 Å². The van der Waals surface area contributed by atoms with E-state index in [4.69, 9.17) is 14.2 Å². The molecule has 0 unspecified atom stereocenters. The third-order valence-corrected chi connectivity index (χ3v) is 6.08. The Hall–Kier alpha value is -4.13. The zero-order valence-corrected chi connectivity index (χ0v) is 20.5. The Morgan fingerprint density at radius 2 is 1.69 bits per heavy atom. The average molecular weight is 473 g/mol. The predicted octanol–water partition coefficient (Wildman–Crippen LogP) is 5.04. The molecule has 4 aromatic rings. The third kappa shape index (κ3) is 4.75. The predicted molar refractivity (Wildman–Crippen MR) is 136 cm³/mol. The molecule has 0 saturated heterocycles. The number of carbonyl (C=O) groups is 1. The number of fused-ring (bicyclic) bond motifs is 1. The van der Waals surface area contributed by atoms with E-state index in [-0.39, 0.29) is 12.2 Å². The molecule has 0 radical (unpaired) electrons. The standard InChI is InChI=1S/C28H28N2O5/c1-17(2)18-6-8-19(9-7-18)26-23-15-22(33-3)12-13-24(23)30(28(32)29-26)16-21-11-10-20(27(31)35-5)14-25(21)34-4/h6-15,17H,16H2,1-5H3. The minimum absolute atomic E-state index is 0.214. The second kappa shape index (κ2) is 10.0. The number of hydrogen-bond acceptors (Lipinski definition) is 6. The van der Waals surface area contributed by atoms with Crippen LogP contribution in [0.15, 0.2) is 65.5 Å². The molecular formula is C28H28N2O5. The van der Waals surface area contributed by atoms with Crippen molar-refractivity contribution in [1.82, 2.24) is 9.55 Å². The van der Waals surface area contributed by atoms with Gasteiger partial charge in [-0.15, -0.1) is 0 Å². The molecule has 0 aliphatic rings. The molecule has 35 heavy (non-hydrogen) atoms. The highest BCUT2D eigenvalue weighted by Gasteiger charge is 2.17. The SMILES string of the molecule is COC(=O)c1ccc(Cn2c(=O)nc(-c3ccc(C(C)C)cc3)c3cc(OC)ccc32)c(OC)c1. The number of esters is 1. The molecule has 0 aliphatic heterocycles. The first-order chi connectivity index (χ1) is 16.9. The number of ether oxygens (including phenoxy) is 3. The van der Waals surface area contributed by atoms with Crippen LogP contribution >= 0.6 is 0 Å². The smallest absolute Gasteiger partial charge is 0.348 e. The number of nitrogens with zero attached hydrogens (tertiary/aromatic N) is 2. The van der Waals surface area contributed by atoms with Crippen molar-refractivity contribution >= 4 is 16.9 Å². The van der Waals surface area contributed by atoms with Crippen LogP contribution in [-0.2, 0) is 11.3 Å². The number of methoxy groups -OCH3 is 3. The molecule has 1 heterocycles. The van der Waals surface area contributed by atoms with Gasteiger partial charge in [0.25, 0.3) is 0 Å². The highest BCUT2D eigenvalue weighted by molar-refractivity contribution is 5.93. The van der Waals surface area contributed by atoms with Crippen LogP contribution in [0.25, 0.3) is 22.2 Å². The summed E-state index contributed by atoms with van der Waals surface area (Å²) in [5.41, 5.74) is 4.10. The van der Waals surface area contributed by atoms with Crippen LogP contribution in [0.3, 0.4) is 0 Å². The van der Waals surface area contributed by atoms with Crippen molar-refractivity contribution in [3.05, 3.63) is 87.8 Å². The summed E-state index contributed by atoms with van der Waals surface area (Å²) in [6, 6.07) is 18.7. The Labute approximate surface area is 203 Å². The van der Waals surface area contributed by atoms with Crippen LogP contribution in [0.4, 0.5) is 0 Å². The molecule has 0 fully saturated rings. The van der Waals surface area contributed by atoms with E-state index < -0.39 is 5.97 Å². The molecule has 0 bridgehead atoms. The summed E-state index contributed by atoms with van der Waals surface area (Å²) in [5, 5.41) is 0.798. The maximum absolute atomic E-state index is 13.3. The zero-order chi connectivity index (χ0) is 25.1. The van der Waals surface area contributed by atoms with Gasteiger partial charge in [-0.3, -0.25) is 4.57 Å². The van der Waals surface area contributed by atoms with Crippen molar-refractivity contribution < 1.29 is 19.0 Å². The number of carbonyl (C=O) groups excluding carboxylic acids is 1. The minimum Gasteiger partial charge on any atom is -0.497 e. The lowest BCUT2D eigenvalue weighted by molar-refractivity contribution is 0.0600. The largest absolute Gasteiger partial charge is 0.497 e. The second-order valence-electron chi connectivity index (χ2n) is 8.51. The van der Waals surface area contributed by atoms with Gasteiger partial charge in [0.1, 0.15) is 11.5 Å². The molecule has 0 spiro atoms. The highest BCUT2D eigenvalue weighted by atomic mass is 16.5. The van der Waals surface area contributed by atoms with E-state index in [1.165, 1.54) is 19.8 Å². The summed E-state index contributed by atoms with van der Waals surface area (Å²) in [6.45, 7) is 4.49. The van der Waals surface area contributed by atoms with Gasteiger partial charge >= 0.3 is 11.7 Å². The van der Waals surface area contributed by atoms with Crippen molar-refractivity contribution in [2.24, 2.45) is 0 Å². The van der Waals surface area contributed by atoms with E-state index >= 15 is 0 Å². The molecule has 180 valence electrons. The Bertz CT molecular complexity index is 1440. The Balaban J connectivity index is 1.86. The molecule has 0 N–H and O–H groups in total. The maximum Gasteiger partial charge on any atom is 0.348 e. The van der Waals surface area contributed by atoms with Gasteiger partial charge in [0.2, 0.25) is 0 Å². The highest BCUT2D eigenvalue weighted by Crippen LogP contribution is 2.31. The normalized spacial score (nSPS) is 11.0. The van der Waals surface area contributed by atoms with Crippen LogP contribution in [0.5, 0.6) is 11.5 Å². The van der Waals surface area contributed by atoms with E-state index in [1.54, 1.807) is 29.9 Å². The van der Waals surface area contributed by atoms with Crippen molar-refractivity contribution in [2.45, 2.75) is 26.3 Å². The molecule has 3 aromatic carbocycles. The third-order valence-electron chi connectivity index (χ3n) is 6.08. The number of aromatic nitrogens is 2. The molecule has 0 aliphatic carbocycles. The first kappa shape index (κ1) is 24.0. The molecular weight excluding hydrogens is 444 g/mol. The van der Waals surface area contributed by atoms with Crippen LogP contribution in [0.2, 0.25) is 0 Å². The summed E-state index contributed by atoms with van der Waals surface area (Å²) in [5.74, 6) is 1.10. The van der Waals surface area contributed by atoms with Gasteiger partial charge in [-0.25, -0.2) is 9.59 Å². The van der Waals surface area contributed by atoms with Gasteiger partial charge < -0.3 is 14.2 Å². The van der Waals surface area contributed by atoms with Crippen molar-refractivity contribution in [2.75, 3.05) is 21.3 Å². The molecule has 0 atom stereocenters. The topological polar surface area (TPSA) is 79.7 Å². The van der Waals surface area contributed by atoms with Gasteiger partial charge in [-0.2, -0.15) is 4.98 Å². The van der Waals surface area contributed by atoms with E-state index in [2.05, 4.69) is 31.0 Å². The average Bonchev–Trinajstić information content (AvgIpc) is 2.89. The lowest BCUT2D eigenvalue weighted by Crippen LogP contribution is -2.25. The van der Waals surface area contributed by atoms with Gasteiger partial charge in [0.15, 0.2) is 0 Å². The molecule has 7 nitrogen and oxygen atoms in total. The van der Waals surface area contributed by atoms with Crippen molar-refractivity contribution in [3.63, 3.8) is 0 Å². The Morgan fingerprint density at radius 1 is 0.943 bits per heavy atom. The van der Waals surface area contributed by atoms with Crippen molar-refractivity contribution in [3.8, 4) is 22.8 Å². The molecule has 7 heteroatoms. The minimum atomic E-state index is -0.459. The van der Waals surface area contributed by atoms with E-state index in [1.807, 2.05) is 30.3 Å². The Morgan fingerprint density at radius 3 is 2.31 bits per heavy atom. The number of benzene rings is 3. The van der Waals surface area contributed by atoms with Crippen molar-refractivity contribution in [1.29, 1.82) is 0 Å². The lowest BCUT2D eigenvalue weighted by atomic mass is 9.99. The van der Waals surface area contributed by atoms with E-state index in [9.17, 15) is 9.59 Å². The van der Waals surface area contributed by atoms with Gasteiger partial charge in [-0.1, -0.05) is 44.2 Å². The summed E-state index contributed by atoms with van der Waals surface area (Å²) in [7, 11) is 4.45. The van der Waals surface area contributed by atoms with Gasteiger partial charge in [0.05, 0.1) is 44.6 Å². The first-order valence-electron chi connectivity index (χ1n) is 11.3. The van der Waals surface area contributed by atoms with Crippen LogP contribution in [0, 0.1) is 0 Å². The van der Waals surface area contributed by atoms with Gasteiger partial charge in [-0.05, 0) is 41.8 Å². The van der Waals surface area contributed by atoms with Gasteiger partial charge in [0, 0.05) is 16.5 Å². The fourth-order valence-electron chi connectivity index (χ4n) is 4.08. The fourth-order valence-corrected chi connectivity index (χ4v) is 4.08. The Kier molecular flexibility index (Phi) is 6.87. The number of hydrogen-bond donors (Lipinski definition) is 0. The van der Waals surface area contributed by atoms with Crippen LogP contribution in [0.1, 0.15) is 41.3 Å². The fraction of sp³-hybridized carbons (Fsp3) is 0.250. The molecule has 1 aromatic heterocycles. The summed E-state index contributed by atoms with van der Waals surface area (Å²) in [4.78, 5) is 29.7. The monoisotopic (exact) mass is 472 g/mol. The quantitative estimate of drug-likeness (QED) is 0.351. The molecule has 0 amide bonds. The molecule has 4 rings (SSSR count). The summed E-state index contributed by atoms with van der Waals surface area (Å²) in [6.07, 6.45) is 0. The summed E-state index contributed by atoms with van der Waals surface area (Å²) < 4.78 is 17.3. The van der Waals surface area contributed by atoms with E-state index in [0.717, 1.165) is 16.5 Å². The van der Waals surface area contributed by atoms with E-state index in [0.29, 0.717) is 34.2 Å². The second-order valence-corrected chi connectivity index (χ2v) is 8.51. The maximum atomic E-state index is 13.3. The zero-order valence-electron chi connectivity index (χ0n) is 20.5. The first-order valence-corrected chi connectivity index (χ1v) is 11.3. The summed E-state index contributed by atoms with van der Waals surface area (Å²) >= 11 is 0. The van der Waals surface area contributed by atoms with Crippen LogP contribution < -0.4 is 15.2 Å². The lowest BCUT2D eigenvalue weighted by Gasteiger charge is -2.16.